The number of anilines is 4. The first-order chi connectivity index (χ1) is 33.5. The number of imide groups is 1. The van der Waals surface area contributed by atoms with Crippen LogP contribution in [0.4, 0.5) is 23.1 Å². The second-order valence-electron chi connectivity index (χ2n) is 19.6. The van der Waals surface area contributed by atoms with E-state index in [0.29, 0.717) is 80.0 Å². The van der Waals surface area contributed by atoms with Crippen molar-refractivity contribution in [2.24, 2.45) is 0 Å². The standard InChI is InChI=1S/C51H61ClN8O9S/c1-30(2)68-43-24-36(32(5)22-40(43)55-50-53-26-38(52)47(57-50)54-39-8-6-7-9-44(39)70(65,66)31(3)4)33-13-17-58(18-14-33)19-21-67-20-15-46(62)59-28-51(29-59)16-12-34-23-35-27-60(41-10-11-45(61)56-48(41)63)49(64)37(35)25-42(34)69-51/h6-9,22-26,30-31,33,41H,10-21,27-29H2,1-5H3,(H,56,61,63)(H2,53,54,55,57). The van der Waals surface area contributed by atoms with Gasteiger partial charge in [0.1, 0.15) is 28.2 Å². The van der Waals surface area contributed by atoms with Crippen molar-refractivity contribution in [1.29, 1.82) is 0 Å². The van der Waals surface area contributed by atoms with E-state index in [2.05, 4.69) is 49.9 Å². The predicted octanol–water partition coefficient (Wildman–Crippen LogP) is 6.85. The van der Waals surface area contributed by atoms with Crippen LogP contribution in [0.3, 0.4) is 0 Å². The second-order valence-corrected chi connectivity index (χ2v) is 22.5. The number of para-hydroxylation sites is 1. The number of nitrogens with zero attached hydrogens (tertiary/aromatic N) is 5. The molecule has 1 aromatic heterocycles. The number of ether oxygens (including phenoxy) is 3. The van der Waals surface area contributed by atoms with E-state index in [1.165, 1.54) is 11.8 Å². The number of likely N-dealkylation sites (tertiary alicyclic amines) is 2. The zero-order valence-corrected chi connectivity index (χ0v) is 41.9. The summed E-state index contributed by atoms with van der Waals surface area (Å²) in [6.07, 6.45) is 5.66. The van der Waals surface area contributed by atoms with Gasteiger partial charge in [-0.2, -0.15) is 4.98 Å². The molecule has 6 heterocycles. The van der Waals surface area contributed by atoms with Crippen molar-refractivity contribution >= 4 is 68.2 Å². The summed E-state index contributed by atoms with van der Waals surface area (Å²) < 4.78 is 45.0. The minimum atomic E-state index is -3.58. The number of aryl methyl sites for hydroxylation is 2. The largest absolute Gasteiger partial charge is 0.489 e. The fourth-order valence-electron chi connectivity index (χ4n) is 10.1. The zero-order chi connectivity index (χ0) is 49.5. The summed E-state index contributed by atoms with van der Waals surface area (Å²) in [5, 5.41) is 8.41. The van der Waals surface area contributed by atoms with Gasteiger partial charge in [0.25, 0.3) is 5.91 Å². The van der Waals surface area contributed by atoms with Crippen LogP contribution in [0.5, 0.6) is 11.5 Å². The van der Waals surface area contributed by atoms with Gasteiger partial charge in [0, 0.05) is 25.1 Å². The third-order valence-corrected chi connectivity index (χ3v) is 16.5. The summed E-state index contributed by atoms with van der Waals surface area (Å²) in [6.45, 7) is 14.1. The molecule has 3 fully saturated rings. The quantitative estimate of drug-likeness (QED) is 0.0777. The van der Waals surface area contributed by atoms with Crippen LogP contribution in [0.2, 0.25) is 5.02 Å². The van der Waals surface area contributed by atoms with Gasteiger partial charge in [-0.05, 0) is 144 Å². The molecule has 19 heteroatoms. The highest BCUT2D eigenvalue weighted by Gasteiger charge is 2.50. The molecule has 0 saturated carbocycles. The Morgan fingerprint density at radius 3 is 2.49 bits per heavy atom. The van der Waals surface area contributed by atoms with Crippen molar-refractivity contribution in [3.05, 3.63) is 87.6 Å². The molecular weight excluding hydrogens is 936 g/mol. The lowest BCUT2D eigenvalue weighted by molar-refractivity contribution is -0.154. The number of benzene rings is 3. The Kier molecular flexibility index (Phi) is 14.1. The van der Waals surface area contributed by atoms with Crippen LogP contribution in [0.15, 0.2) is 59.6 Å². The van der Waals surface area contributed by atoms with Crippen LogP contribution in [-0.2, 0) is 41.9 Å². The van der Waals surface area contributed by atoms with Gasteiger partial charge in [-0.15, -0.1) is 0 Å². The number of nitrogens with one attached hydrogen (secondary N) is 3. The number of carbonyl (C=O) groups excluding carboxylic acids is 4. The lowest BCUT2D eigenvalue weighted by atomic mass is 9.83. The predicted molar refractivity (Wildman–Crippen MR) is 264 cm³/mol. The maximum atomic E-state index is 13.4. The molecule has 3 aromatic carbocycles. The average molecular weight is 998 g/mol. The van der Waals surface area contributed by atoms with Gasteiger partial charge in [0.05, 0.1) is 66.5 Å². The number of carbonyl (C=O) groups is 4. The Hall–Kier alpha value is -5.82. The Bertz CT molecular complexity index is 2810. The lowest BCUT2D eigenvalue weighted by Gasteiger charge is -2.51. The average Bonchev–Trinajstić information content (AvgIpc) is 3.62. The van der Waals surface area contributed by atoms with Gasteiger partial charge in [0.2, 0.25) is 23.7 Å². The number of sulfone groups is 1. The maximum absolute atomic E-state index is 13.4. The van der Waals surface area contributed by atoms with Crippen LogP contribution in [0, 0.1) is 6.92 Å². The number of halogens is 1. The minimum Gasteiger partial charge on any atom is -0.489 e. The fourth-order valence-corrected chi connectivity index (χ4v) is 11.5. The van der Waals surface area contributed by atoms with E-state index in [-0.39, 0.29) is 51.9 Å². The van der Waals surface area contributed by atoms with Crippen molar-refractivity contribution in [1.82, 2.24) is 30.0 Å². The molecule has 3 saturated heterocycles. The molecule has 372 valence electrons. The third kappa shape index (κ3) is 10.3. The topological polar surface area (TPSA) is 202 Å². The van der Waals surface area contributed by atoms with Gasteiger partial charge in [-0.3, -0.25) is 24.5 Å². The number of aromatic nitrogens is 2. The van der Waals surface area contributed by atoms with Crippen molar-refractivity contribution in [2.75, 3.05) is 56.6 Å². The Labute approximate surface area is 413 Å². The SMILES string of the molecule is Cc1cc(Nc2ncc(Cl)c(Nc3ccccc3S(=O)(=O)C(C)C)n2)c(OC(C)C)cc1C1CCN(CCOCCC(=O)N2CC3(CCc4cc5c(cc4O3)C(=O)N(C3CCC(=O)NC3=O)C5)C2)CC1. The smallest absolute Gasteiger partial charge is 0.255 e. The summed E-state index contributed by atoms with van der Waals surface area (Å²) in [4.78, 5) is 65.7. The number of fused-ring (bicyclic) bond motifs is 2. The molecule has 0 aliphatic carbocycles. The normalized spacial score (nSPS) is 19.2. The van der Waals surface area contributed by atoms with Crippen molar-refractivity contribution in [3.63, 3.8) is 0 Å². The molecule has 4 amide bonds. The van der Waals surface area contributed by atoms with E-state index in [1.54, 1.807) is 49.1 Å². The lowest BCUT2D eigenvalue weighted by Crippen LogP contribution is -2.67. The number of hydrogen-bond donors (Lipinski definition) is 3. The summed E-state index contributed by atoms with van der Waals surface area (Å²) in [5.74, 6) is 1.25. The number of rotatable bonds is 16. The molecule has 3 N–H and O–H groups in total. The molecule has 1 spiro atoms. The summed E-state index contributed by atoms with van der Waals surface area (Å²) in [7, 11) is -3.58. The van der Waals surface area contributed by atoms with Crippen LogP contribution in [-0.4, -0.2) is 126 Å². The number of amides is 4. The highest BCUT2D eigenvalue weighted by molar-refractivity contribution is 7.92. The molecule has 4 aromatic rings. The van der Waals surface area contributed by atoms with Crippen molar-refractivity contribution in [3.8, 4) is 11.5 Å². The highest BCUT2D eigenvalue weighted by atomic mass is 35.5. The first-order valence-electron chi connectivity index (χ1n) is 24.2. The van der Waals surface area contributed by atoms with Crippen LogP contribution in [0.25, 0.3) is 0 Å². The fraction of sp³-hybridized carbons (Fsp3) is 0.490. The Morgan fingerprint density at radius 1 is 0.971 bits per heavy atom. The number of hydrogen-bond acceptors (Lipinski definition) is 14. The van der Waals surface area contributed by atoms with E-state index in [1.807, 2.05) is 24.8 Å². The summed E-state index contributed by atoms with van der Waals surface area (Å²) >= 11 is 6.52. The number of piperidine rings is 2. The first kappa shape index (κ1) is 49.2. The molecule has 5 aliphatic heterocycles. The van der Waals surface area contributed by atoms with Crippen molar-refractivity contribution in [2.45, 2.75) is 120 Å². The molecule has 9 rings (SSSR count). The molecule has 70 heavy (non-hydrogen) atoms. The van der Waals surface area contributed by atoms with Gasteiger partial charge < -0.3 is 39.5 Å². The molecule has 1 atom stereocenters. The highest BCUT2D eigenvalue weighted by Crippen LogP contribution is 2.43. The van der Waals surface area contributed by atoms with Crippen LogP contribution < -0.4 is 25.4 Å². The molecule has 17 nitrogen and oxygen atoms in total. The molecule has 1 unspecified atom stereocenters. The summed E-state index contributed by atoms with van der Waals surface area (Å²) in [6, 6.07) is 14.0. The molecule has 5 aliphatic rings. The molecular formula is C51H61ClN8O9S. The van der Waals surface area contributed by atoms with Gasteiger partial charge in [-0.25, -0.2) is 13.4 Å². The van der Waals surface area contributed by atoms with E-state index in [4.69, 9.17) is 25.8 Å². The second kappa shape index (κ2) is 20.1. The van der Waals surface area contributed by atoms with Crippen molar-refractivity contribution < 1.29 is 41.8 Å². The Balaban J connectivity index is 0.725. The third-order valence-electron chi connectivity index (χ3n) is 14.0. The molecule has 0 radical (unpaired) electrons. The van der Waals surface area contributed by atoms with Crippen LogP contribution in [0.1, 0.15) is 105 Å². The van der Waals surface area contributed by atoms with Gasteiger partial charge in [-0.1, -0.05) is 23.7 Å². The van der Waals surface area contributed by atoms with E-state index in [9.17, 15) is 27.6 Å². The van der Waals surface area contributed by atoms with Gasteiger partial charge >= 0.3 is 0 Å². The summed E-state index contributed by atoms with van der Waals surface area (Å²) in [5.41, 5.74) is 5.33. The maximum Gasteiger partial charge on any atom is 0.255 e. The Morgan fingerprint density at radius 2 is 1.74 bits per heavy atom. The van der Waals surface area contributed by atoms with Gasteiger partial charge in [0.15, 0.2) is 15.7 Å². The molecule has 0 bridgehead atoms. The first-order valence-corrected chi connectivity index (χ1v) is 26.2. The van der Waals surface area contributed by atoms with E-state index < -0.39 is 32.6 Å². The van der Waals surface area contributed by atoms with Crippen LogP contribution >= 0.6 is 11.6 Å². The monoisotopic (exact) mass is 996 g/mol. The minimum absolute atomic E-state index is 0.0305. The van der Waals surface area contributed by atoms with E-state index in [0.717, 1.165) is 62.0 Å². The zero-order valence-electron chi connectivity index (χ0n) is 40.3. The van der Waals surface area contributed by atoms with E-state index >= 15 is 0 Å².